The van der Waals surface area contributed by atoms with E-state index in [-0.39, 0.29) is 5.91 Å². The van der Waals surface area contributed by atoms with Gasteiger partial charge in [-0.2, -0.15) is 5.26 Å². The van der Waals surface area contributed by atoms with Gasteiger partial charge >= 0.3 is 0 Å². The quantitative estimate of drug-likeness (QED) is 0.844. The van der Waals surface area contributed by atoms with Gasteiger partial charge in [0.2, 0.25) is 5.91 Å². The Morgan fingerprint density at radius 3 is 2.38 bits per heavy atom. The number of nitrogens with one attached hydrogen (secondary N) is 1. The second-order valence-corrected chi connectivity index (χ2v) is 8.47. The van der Waals surface area contributed by atoms with Crippen LogP contribution in [0, 0.1) is 23.2 Å². The van der Waals surface area contributed by atoms with E-state index in [9.17, 15) is 4.79 Å². The third-order valence-electron chi connectivity index (χ3n) is 5.97. The highest BCUT2D eigenvalue weighted by molar-refractivity contribution is 5.90. The number of amides is 1. The molecule has 1 aliphatic carbocycles. The molecule has 1 aromatic rings. The van der Waals surface area contributed by atoms with Crippen molar-refractivity contribution in [2.75, 3.05) is 18.4 Å². The first-order chi connectivity index (χ1) is 12.5. The highest BCUT2D eigenvalue weighted by atomic mass is 16.2. The highest BCUT2D eigenvalue weighted by Gasteiger charge is 2.44. The number of carbonyl (C=O) groups is 1. The number of carbonyl (C=O) groups excluding carboxylic acids is 1. The molecule has 26 heavy (non-hydrogen) atoms. The number of hydrogen-bond donors (Lipinski definition) is 1. The Bertz CT molecular complexity index is 645. The molecule has 4 heteroatoms. The lowest BCUT2D eigenvalue weighted by Gasteiger charge is -2.39. The Hall–Kier alpha value is -2.02. The third kappa shape index (κ3) is 4.20. The molecule has 2 fully saturated rings. The molecule has 1 heterocycles. The monoisotopic (exact) mass is 353 g/mol. The van der Waals surface area contributed by atoms with Crippen LogP contribution in [0.15, 0.2) is 24.3 Å². The molecule has 0 bridgehead atoms. The lowest BCUT2D eigenvalue weighted by Crippen LogP contribution is -2.54. The van der Waals surface area contributed by atoms with Crippen molar-refractivity contribution < 1.29 is 4.79 Å². The average Bonchev–Trinajstić information content (AvgIpc) is 3.11. The van der Waals surface area contributed by atoms with Gasteiger partial charge in [-0.15, -0.1) is 0 Å². The normalized spacial score (nSPS) is 20.2. The van der Waals surface area contributed by atoms with Crippen LogP contribution in [-0.4, -0.2) is 29.4 Å². The van der Waals surface area contributed by atoms with Crippen LogP contribution in [0.4, 0.5) is 5.69 Å². The molecule has 4 nitrogen and oxygen atoms in total. The Balaban J connectivity index is 1.67. The van der Waals surface area contributed by atoms with Gasteiger partial charge in [-0.25, -0.2) is 0 Å². The van der Waals surface area contributed by atoms with Crippen molar-refractivity contribution in [1.82, 2.24) is 4.90 Å². The summed E-state index contributed by atoms with van der Waals surface area (Å²) >= 11 is 0. The van der Waals surface area contributed by atoms with Crippen molar-refractivity contribution in [1.29, 1.82) is 5.26 Å². The maximum atomic E-state index is 13.4. The summed E-state index contributed by atoms with van der Waals surface area (Å²) in [5.41, 5.74) is 1.13. The summed E-state index contributed by atoms with van der Waals surface area (Å²) in [4.78, 5) is 15.5. The van der Waals surface area contributed by atoms with Crippen LogP contribution < -0.4 is 5.32 Å². The largest absolute Gasteiger partial charge is 0.371 e. The smallest absolute Gasteiger partial charge is 0.248 e. The fraction of sp³-hybridized carbons (Fsp3) is 0.636. The van der Waals surface area contributed by atoms with Crippen molar-refractivity contribution in [3.63, 3.8) is 0 Å². The topological polar surface area (TPSA) is 56.1 Å². The van der Waals surface area contributed by atoms with Gasteiger partial charge in [0.1, 0.15) is 5.54 Å². The SMILES string of the molecule is CC(C)CC1CCN(C(=O)C2(Nc3ccc(C#N)cc3)CCCC2)CC1. The van der Waals surface area contributed by atoms with Gasteiger partial charge in [0.15, 0.2) is 0 Å². The summed E-state index contributed by atoms with van der Waals surface area (Å²) in [6.45, 7) is 6.36. The van der Waals surface area contributed by atoms with Gasteiger partial charge in [0.25, 0.3) is 0 Å². The molecule has 0 radical (unpaired) electrons. The van der Waals surface area contributed by atoms with Crippen molar-refractivity contribution in [3.05, 3.63) is 29.8 Å². The van der Waals surface area contributed by atoms with Gasteiger partial charge < -0.3 is 10.2 Å². The number of piperidine rings is 1. The summed E-state index contributed by atoms with van der Waals surface area (Å²) in [6, 6.07) is 9.61. The van der Waals surface area contributed by atoms with Crippen molar-refractivity contribution in [2.24, 2.45) is 11.8 Å². The summed E-state index contributed by atoms with van der Waals surface area (Å²) in [5.74, 6) is 1.79. The van der Waals surface area contributed by atoms with Gasteiger partial charge in [-0.1, -0.05) is 26.7 Å². The van der Waals surface area contributed by atoms with Crippen molar-refractivity contribution in [3.8, 4) is 6.07 Å². The van der Waals surface area contributed by atoms with Crippen LogP contribution in [0.3, 0.4) is 0 Å². The minimum Gasteiger partial charge on any atom is -0.371 e. The lowest BCUT2D eigenvalue weighted by atomic mass is 9.87. The Morgan fingerprint density at radius 2 is 1.85 bits per heavy atom. The Morgan fingerprint density at radius 1 is 1.23 bits per heavy atom. The molecule has 1 aromatic carbocycles. The molecule has 1 N–H and O–H groups in total. The minimum atomic E-state index is -0.459. The number of rotatable bonds is 5. The maximum absolute atomic E-state index is 13.4. The van der Waals surface area contributed by atoms with Crippen LogP contribution in [0.1, 0.15) is 64.4 Å². The first-order valence-electron chi connectivity index (χ1n) is 10.1. The number of nitriles is 1. The lowest BCUT2D eigenvalue weighted by molar-refractivity contribution is -0.137. The van der Waals surface area contributed by atoms with Crippen molar-refractivity contribution >= 4 is 11.6 Å². The summed E-state index contributed by atoms with van der Waals surface area (Å²) in [6.07, 6.45) is 7.54. The molecular weight excluding hydrogens is 322 g/mol. The highest BCUT2D eigenvalue weighted by Crippen LogP contribution is 2.36. The number of likely N-dealkylation sites (tertiary alicyclic amines) is 1. The zero-order valence-corrected chi connectivity index (χ0v) is 16.1. The molecular formula is C22H31N3O. The summed E-state index contributed by atoms with van der Waals surface area (Å²) in [7, 11) is 0. The standard InChI is InChI=1S/C22H31N3O/c1-17(2)15-18-9-13-25(14-10-18)21(26)22(11-3-4-12-22)24-20-7-5-19(16-23)6-8-20/h5-8,17-18,24H,3-4,9-15H2,1-2H3. The first-order valence-corrected chi connectivity index (χ1v) is 10.1. The van der Waals surface area contributed by atoms with Gasteiger partial charge in [-0.3, -0.25) is 4.79 Å². The number of benzene rings is 1. The van der Waals surface area contributed by atoms with E-state index >= 15 is 0 Å². The molecule has 0 aromatic heterocycles. The molecule has 0 atom stereocenters. The molecule has 3 rings (SSSR count). The van der Waals surface area contributed by atoms with E-state index in [0.717, 1.165) is 69.1 Å². The van der Waals surface area contributed by atoms with Crippen molar-refractivity contribution in [2.45, 2.75) is 64.3 Å². The number of anilines is 1. The predicted molar refractivity (Wildman–Crippen MR) is 105 cm³/mol. The van der Waals surface area contributed by atoms with E-state index in [0.29, 0.717) is 5.56 Å². The maximum Gasteiger partial charge on any atom is 0.248 e. The molecule has 140 valence electrons. The van der Waals surface area contributed by atoms with Crippen LogP contribution in [0.2, 0.25) is 0 Å². The number of nitrogens with zero attached hydrogens (tertiary/aromatic N) is 2. The van der Waals surface area contributed by atoms with E-state index < -0.39 is 5.54 Å². The fourth-order valence-corrected chi connectivity index (χ4v) is 4.62. The van der Waals surface area contributed by atoms with Gasteiger partial charge in [-0.05, 0) is 68.2 Å². The molecule has 2 aliphatic rings. The molecule has 0 unspecified atom stereocenters. The van der Waals surface area contributed by atoms with Crippen LogP contribution in [0.5, 0.6) is 0 Å². The van der Waals surface area contributed by atoms with E-state index in [1.165, 1.54) is 6.42 Å². The zero-order valence-electron chi connectivity index (χ0n) is 16.1. The molecule has 1 amide bonds. The minimum absolute atomic E-state index is 0.280. The molecule has 1 saturated carbocycles. The second kappa shape index (κ2) is 8.12. The van der Waals surface area contributed by atoms with Crippen LogP contribution in [0.25, 0.3) is 0 Å². The third-order valence-corrected chi connectivity index (χ3v) is 5.97. The average molecular weight is 354 g/mol. The second-order valence-electron chi connectivity index (χ2n) is 8.47. The predicted octanol–water partition coefficient (Wildman–Crippen LogP) is 4.57. The number of hydrogen-bond acceptors (Lipinski definition) is 3. The zero-order chi connectivity index (χ0) is 18.6. The van der Waals surface area contributed by atoms with Gasteiger partial charge in [0.05, 0.1) is 11.6 Å². The van der Waals surface area contributed by atoms with Crippen LogP contribution >= 0.6 is 0 Å². The van der Waals surface area contributed by atoms with E-state index in [2.05, 4.69) is 30.1 Å². The molecule has 0 spiro atoms. The van der Waals surface area contributed by atoms with E-state index in [1.807, 2.05) is 24.3 Å². The Labute approximate surface area is 157 Å². The van der Waals surface area contributed by atoms with E-state index in [4.69, 9.17) is 5.26 Å². The summed E-state index contributed by atoms with van der Waals surface area (Å²) in [5, 5.41) is 12.5. The van der Waals surface area contributed by atoms with Gasteiger partial charge in [0, 0.05) is 18.8 Å². The molecule has 1 saturated heterocycles. The first kappa shape index (κ1) is 18.8. The Kier molecular flexibility index (Phi) is 5.86. The molecule has 1 aliphatic heterocycles. The van der Waals surface area contributed by atoms with Crippen LogP contribution in [-0.2, 0) is 4.79 Å². The fourth-order valence-electron chi connectivity index (χ4n) is 4.62. The summed E-state index contributed by atoms with van der Waals surface area (Å²) < 4.78 is 0. The van der Waals surface area contributed by atoms with E-state index in [1.54, 1.807) is 0 Å².